The van der Waals surface area contributed by atoms with Crippen molar-refractivity contribution < 1.29 is 22.7 Å². The highest BCUT2D eigenvalue weighted by molar-refractivity contribution is 7.90. The number of amides is 1. The van der Waals surface area contributed by atoms with Crippen LogP contribution in [0.25, 0.3) is 0 Å². The average molecular weight is 271 g/mol. The van der Waals surface area contributed by atoms with E-state index in [0.29, 0.717) is 5.69 Å². The third-order valence-electron chi connectivity index (χ3n) is 2.00. The van der Waals surface area contributed by atoms with Crippen LogP contribution in [-0.2, 0) is 24.2 Å². The van der Waals surface area contributed by atoms with E-state index in [4.69, 9.17) is 0 Å². The lowest BCUT2D eigenvalue weighted by molar-refractivity contribution is -0.152. The second-order valence-corrected chi connectivity index (χ2v) is 5.49. The van der Waals surface area contributed by atoms with Crippen molar-refractivity contribution in [2.75, 3.05) is 18.2 Å². The number of carbonyl (C=O) groups excluding carboxylic acids is 2. The number of hydrogen-bond acceptors (Lipinski definition) is 5. The Morgan fingerprint density at radius 3 is 2.22 bits per heavy atom. The third-order valence-corrected chi connectivity index (χ3v) is 3.13. The number of anilines is 1. The average Bonchev–Trinajstić information content (AvgIpc) is 2.28. The van der Waals surface area contributed by atoms with Gasteiger partial charge >= 0.3 is 11.9 Å². The van der Waals surface area contributed by atoms with Crippen molar-refractivity contribution in [1.82, 2.24) is 0 Å². The number of benzene rings is 1. The number of sulfone groups is 1. The molecule has 0 aliphatic carbocycles. The minimum absolute atomic E-state index is 0.110. The molecule has 1 N–H and O–H groups in total. The van der Waals surface area contributed by atoms with Crippen molar-refractivity contribution in [2.24, 2.45) is 0 Å². The van der Waals surface area contributed by atoms with Crippen molar-refractivity contribution in [3.05, 3.63) is 24.3 Å². The standard InChI is InChI=1S/C11H13NO5S/c1-3-17-11(14)10(13)12-8-4-6-9(7-5-8)18(2,15)16/h4-7H,3H2,1-2H3,(H,12,13). The molecule has 0 heterocycles. The molecule has 0 radical (unpaired) electrons. The largest absolute Gasteiger partial charge is 0.459 e. The van der Waals surface area contributed by atoms with Crippen molar-refractivity contribution in [3.8, 4) is 0 Å². The summed E-state index contributed by atoms with van der Waals surface area (Å²) in [6.07, 6.45) is 1.08. The molecule has 0 bridgehead atoms. The van der Waals surface area contributed by atoms with E-state index in [0.717, 1.165) is 6.26 Å². The van der Waals surface area contributed by atoms with Gasteiger partial charge in [-0.2, -0.15) is 0 Å². The topological polar surface area (TPSA) is 89.5 Å². The van der Waals surface area contributed by atoms with Crippen LogP contribution in [0.2, 0.25) is 0 Å². The number of hydrogen-bond donors (Lipinski definition) is 1. The van der Waals surface area contributed by atoms with Crippen LogP contribution in [0.5, 0.6) is 0 Å². The number of nitrogens with one attached hydrogen (secondary N) is 1. The van der Waals surface area contributed by atoms with E-state index in [1.165, 1.54) is 24.3 Å². The molecule has 6 nitrogen and oxygen atoms in total. The van der Waals surface area contributed by atoms with Crippen molar-refractivity contribution in [1.29, 1.82) is 0 Å². The number of esters is 1. The molecule has 1 amide bonds. The molecule has 0 atom stereocenters. The number of carbonyl (C=O) groups is 2. The molecule has 0 spiro atoms. The Labute approximate surface area is 105 Å². The highest BCUT2D eigenvalue weighted by atomic mass is 32.2. The van der Waals surface area contributed by atoms with Crippen LogP contribution in [0, 0.1) is 0 Å². The molecule has 0 unspecified atom stereocenters. The SMILES string of the molecule is CCOC(=O)C(=O)Nc1ccc(S(C)(=O)=O)cc1. The van der Waals surface area contributed by atoms with Gasteiger partial charge in [0.1, 0.15) is 0 Å². The number of ether oxygens (including phenoxy) is 1. The zero-order chi connectivity index (χ0) is 13.8. The van der Waals surface area contributed by atoms with E-state index in [9.17, 15) is 18.0 Å². The molecule has 1 aromatic rings. The van der Waals surface area contributed by atoms with Gasteiger partial charge in [0.15, 0.2) is 9.84 Å². The highest BCUT2D eigenvalue weighted by Crippen LogP contribution is 2.13. The van der Waals surface area contributed by atoms with E-state index in [2.05, 4.69) is 10.1 Å². The molecule has 0 aliphatic rings. The Bertz CT molecular complexity index is 547. The Kier molecular flexibility index (Phi) is 4.43. The van der Waals surface area contributed by atoms with Crippen LogP contribution < -0.4 is 5.32 Å². The van der Waals surface area contributed by atoms with Gasteiger partial charge in [0.2, 0.25) is 0 Å². The van der Waals surface area contributed by atoms with Crippen molar-refractivity contribution >= 4 is 27.4 Å². The minimum atomic E-state index is -3.28. The summed E-state index contributed by atoms with van der Waals surface area (Å²) in [5.41, 5.74) is 0.320. The molecule has 0 saturated heterocycles. The first kappa shape index (κ1) is 14.2. The van der Waals surface area contributed by atoms with Crippen LogP contribution in [0.15, 0.2) is 29.2 Å². The quantitative estimate of drug-likeness (QED) is 0.642. The van der Waals surface area contributed by atoms with Gasteiger partial charge in [-0.1, -0.05) is 0 Å². The maximum absolute atomic E-state index is 11.3. The summed E-state index contributed by atoms with van der Waals surface area (Å²) in [6, 6.07) is 5.48. The Morgan fingerprint density at radius 2 is 1.78 bits per heavy atom. The van der Waals surface area contributed by atoms with E-state index < -0.39 is 21.7 Å². The Morgan fingerprint density at radius 1 is 1.22 bits per heavy atom. The summed E-state index contributed by atoms with van der Waals surface area (Å²) in [5.74, 6) is -1.88. The lowest BCUT2D eigenvalue weighted by atomic mass is 10.3. The van der Waals surface area contributed by atoms with Gasteiger partial charge in [-0.15, -0.1) is 0 Å². The van der Waals surface area contributed by atoms with E-state index in [-0.39, 0.29) is 11.5 Å². The van der Waals surface area contributed by atoms with Crippen molar-refractivity contribution in [3.63, 3.8) is 0 Å². The van der Waals surface area contributed by atoms with Crippen LogP contribution in [0.1, 0.15) is 6.92 Å². The van der Waals surface area contributed by atoms with Gasteiger partial charge in [0.05, 0.1) is 11.5 Å². The molecule has 1 rings (SSSR count). The van der Waals surface area contributed by atoms with Crippen LogP contribution in [0.3, 0.4) is 0 Å². The predicted octanol–water partition coefficient (Wildman–Crippen LogP) is 0.592. The van der Waals surface area contributed by atoms with E-state index in [1.807, 2.05) is 0 Å². The zero-order valence-electron chi connectivity index (χ0n) is 9.97. The second-order valence-electron chi connectivity index (χ2n) is 3.47. The fourth-order valence-corrected chi connectivity index (χ4v) is 1.79. The monoisotopic (exact) mass is 271 g/mol. The first-order valence-corrected chi connectivity index (χ1v) is 7.02. The maximum Gasteiger partial charge on any atom is 0.397 e. The third kappa shape index (κ3) is 3.85. The van der Waals surface area contributed by atoms with E-state index in [1.54, 1.807) is 6.92 Å². The zero-order valence-corrected chi connectivity index (χ0v) is 10.8. The molecule has 0 saturated carbocycles. The Hall–Kier alpha value is -1.89. The fourth-order valence-electron chi connectivity index (χ4n) is 1.16. The second kappa shape index (κ2) is 5.63. The van der Waals surface area contributed by atoms with Crippen LogP contribution in [-0.4, -0.2) is 33.2 Å². The molecular weight excluding hydrogens is 258 g/mol. The molecule has 0 fully saturated rings. The predicted molar refractivity (Wildman–Crippen MR) is 64.8 cm³/mol. The fraction of sp³-hybridized carbons (Fsp3) is 0.273. The van der Waals surface area contributed by atoms with Crippen LogP contribution >= 0.6 is 0 Å². The maximum atomic E-state index is 11.3. The van der Waals surface area contributed by atoms with Gasteiger partial charge in [0, 0.05) is 11.9 Å². The first-order valence-electron chi connectivity index (χ1n) is 5.13. The summed E-state index contributed by atoms with van der Waals surface area (Å²) >= 11 is 0. The summed E-state index contributed by atoms with van der Waals surface area (Å²) in [6.45, 7) is 1.70. The van der Waals surface area contributed by atoms with Crippen LogP contribution in [0.4, 0.5) is 5.69 Å². The number of rotatable bonds is 3. The molecule has 1 aromatic carbocycles. The summed E-state index contributed by atoms with van der Waals surface area (Å²) in [7, 11) is -3.28. The first-order chi connectivity index (χ1) is 8.34. The van der Waals surface area contributed by atoms with Gasteiger partial charge in [-0.05, 0) is 31.2 Å². The van der Waals surface area contributed by atoms with E-state index >= 15 is 0 Å². The Balaban J connectivity index is 2.76. The van der Waals surface area contributed by atoms with Crippen molar-refractivity contribution in [2.45, 2.75) is 11.8 Å². The molecule has 98 valence electrons. The lowest BCUT2D eigenvalue weighted by Gasteiger charge is -2.05. The smallest absolute Gasteiger partial charge is 0.397 e. The molecule has 7 heteroatoms. The molecule has 0 aromatic heterocycles. The normalized spacial score (nSPS) is 10.8. The summed E-state index contributed by atoms with van der Waals surface area (Å²) in [4.78, 5) is 22.5. The lowest BCUT2D eigenvalue weighted by Crippen LogP contribution is -2.24. The summed E-state index contributed by atoms with van der Waals surface area (Å²) in [5, 5.41) is 2.30. The van der Waals surface area contributed by atoms with Gasteiger partial charge in [-0.25, -0.2) is 13.2 Å². The molecular formula is C11H13NO5S. The minimum Gasteiger partial charge on any atom is -0.459 e. The van der Waals surface area contributed by atoms with Gasteiger partial charge < -0.3 is 10.1 Å². The van der Waals surface area contributed by atoms with Gasteiger partial charge in [0.25, 0.3) is 0 Å². The highest BCUT2D eigenvalue weighted by Gasteiger charge is 2.15. The summed E-state index contributed by atoms with van der Waals surface area (Å²) < 4.78 is 26.9. The molecule has 0 aliphatic heterocycles. The molecule has 18 heavy (non-hydrogen) atoms. The van der Waals surface area contributed by atoms with Gasteiger partial charge in [-0.3, -0.25) is 4.79 Å².